The van der Waals surface area contributed by atoms with Crippen molar-refractivity contribution in [1.29, 1.82) is 0 Å². The van der Waals surface area contributed by atoms with E-state index in [2.05, 4.69) is 87.8 Å². The van der Waals surface area contributed by atoms with Crippen LogP contribution < -0.4 is 10.2 Å². The number of anilines is 4. The van der Waals surface area contributed by atoms with E-state index in [-0.39, 0.29) is 0 Å². The Morgan fingerprint density at radius 2 is 1.92 bits per heavy atom. The van der Waals surface area contributed by atoms with Gasteiger partial charge in [0, 0.05) is 17.4 Å². The van der Waals surface area contributed by atoms with Crippen LogP contribution in [0.1, 0.15) is 25.0 Å². The number of hydrogen-bond acceptors (Lipinski definition) is 5. The number of hydrogen-bond donors (Lipinski definition) is 1. The molecule has 5 nitrogen and oxygen atoms in total. The zero-order valence-electron chi connectivity index (χ0n) is 14.5. The molecule has 1 aromatic heterocycles. The molecule has 0 saturated carbocycles. The number of aromatic nitrogens is 3. The molecule has 0 radical (unpaired) electrons. The third-order valence-electron chi connectivity index (χ3n) is 4.60. The molecule has 1 N–H and O–H groups in total. The molecule has 5 heteroatoms. The molecule has 1 aliphatic heterocycles. The van der Waals surface area contributed by atoms with Crippen molar-refractivity contribution >= 4 is 23.1 Å². The van der Waals surface area contributed by atoms with Gasteiger partial charge in [0.1, 0.15) is 0 Å². The molecule has 1 aliphatic rings. The summed E-state index contributed by atoms with van der Waals surface area (Å²) in [5, 5.41) is 11.7. The molecule has 0 saturated heterocycles. The van der Waals surface area contributed by atoms with Crippen LogP contribution in [0.4, 0.5) is 23.1 Å². The van der Waals surface area contributed by atoms with E-state index in [1.807, 2.05) is 0 Å². The highest BCUT2D eigenvalue weighted by molar-refractivity contribution is 5.67. The van der Waals surface area contributed by atoms with Gasteiger partial charge in [-0.15, -0.1) is 5.10 Å². The third kappa shape index (κ3) is 3.05. The number of aryl methyl sites for hydroxylation is 1. The minimum atomic E-state index is 0.318. The summed E-state index contributed by atoms with van der Waals surface area (Å²) in [6.45, 7) is 4.34. The van der Waals surface area contributed by atoms with Gasteiger partial charge < -0.3 is 10.2 Å². The fraction of sp³-hybridized carbons (Fsp3) is 0.250. The van der Waals surface area contributed by atoms with Crippen LogP contribution in [-0.2, 0) is 12.8 Å². The maximum atomic E-state index is 4.68. The predicted molar refractivity (Wildman–Crippen MR) is 101 cm³/mol. The number of para-hydroxylation sites is 1. The topological polar surface area (TPSA) is 53.9 Å². The molecule has 2 aromatic carbocycles. The van der Waals surface area contributed by atoms with Crippen LogP contribution in [0.5, 0.6) is 0 Å². The van der Waals surface area contributed by atoms with E-state index >= 15 is 0 Å². The van der Waals surface area contributed by atoms with E-state index in [4.69, 9.17) is 0 Å². The Morgan fingerprint density at radius 1 is 1.12 bits per heavy atom. The van der Waals surface area contributed by atoms with Crippen molar-refractivity contribution in [3.63, 3.8) is 0 Å². The maximum absolute atomic E-state index is 4.68. The van der Waals surface area contributed by atoms with Crippen molar-refractivity contribution < 1.29 is 0 Å². The standard InChI is InChI=1S/C20H21N5/c1-3-15-8-10-17(11-9-15)22-19-13-21-24-20(23-19)25-14(2)12-16-6-4-5-7-18(16)25/h4-11,13-14H,3,12H2,1-2H3,(H,22,23,24). The summed E-state index contributed by atoms with van der Waals surface area (Å²) in [5.41, 5.74) is 4.81. The van der Waals surface area contributed by atoms with Crippen molar-refractivity contribution in [2.75, 3.05) is 10.2 Å². The Morgan fingerprint density at radius 3 is 2.72 bits per heavy atom. The highest BCUT2D eigenvalue weighted by Gasteiger charge is 2.29. The predicted octanol–water partition coefficient (Wildman–Crippen LogP) is 4.26. The van der Waals surface area contributed by atoms with Gasteiger partial charge in [-0.25, -0.2) is 0 Å². The van der Waals surface area contributed by atoms with Gasteiger partial charge in [0.05, 0.1) is 6.20 Å². The molecule has 0 aliphatic carbocycles. The molecule has 0 amide bonds. The van der Waals surface area contributed by atoms with E-state index in [9.17, 15) is 0 Å². The summed E-state index contributed by atoms with van der Waals surface area (Å²) < 4.78 is 0. The van der Waals surface area contributed by atoms with Crippen LogP contribution in [-0.4, -0.2) is 21.2 Å². The molecular weight excluding hydrogens is 310 g/mol. The number of rotatable bonds is 4. The quantitative estimate of drug-likeness (QED) is 0.774. The lowest BCUT2D eigenvalue weighted by atomic mass is 10.1. The lowest BCUT2D eigenvalue weighted by Gasteiger charge is -2.22. The van der Waals surface area contributed by atoms with Gasteiger partial charge in [0.2, 0.25) is 0 Å². The molecule has 3 aromatic rings. The first-order chi connectivity index (χ1) is 12.2. The highest BCUT2D eigenvalue weighted by atomic mass is 15.4. The van der Waals surface area contributed by atoms with Crippen molar-refractivity contribution in [2.24, 2.45) is 0 Å². The summed E-state index contributed by atoms with van der Waals surface area (Å²) >= 11 is 0. The minimum absolute atomic E-state index is 0.318. The molecule has 0 spiro atoms. The summed E-state index contributed by atoms with van der Waals surface area (Å²) in [6.07, 6.45) is 3.69. The van der Waals surface area contributed by atoms with Crippen molar-refractivity contribution in [3.8, 4) is 0 Å². The van der Waals surface area contributed by atoms with Crippen LogP contribution in [0.15, 0.2) is 54.7 Å². The first-order valence-corrected chi connectivity index (χ1v) is 8.67. The second kappa shape index (κ2) is 6.51. The SMILES string of the molecule is CCc1ccc(Nc2cnnc(N3c4ccccc4CC3C)n2)cc1. The van der Waals surface area contributed by atoms with Crippen LogP contribution in [0.2, 0.25) is 0 Å². The van der Waals surface area contributed by atoms with Gasteiger partial charge in [0.25, 0.3) is 5.95 Å². The van der Waals surface area contributed by atoms with Crippen molar-refractivity contribution in [3.05, 3.63) is 65.9 Å². The Kier molecular flexibility index (Phi) is 4.06. The van der Waals surface area contributed by atoms with Crippen LogP contribution in [0.3, 0.4) is 0 Å². The monoisotopic (exact) mass is 331 g/mol. The number of nitrogens with zero attached hydrogens (tertiary/aromatic N) is 4. The average Bonchev–Trinajstić information content (AvgIpc) is 2.98. The van der Waals surface area contributed by atoms with E-state index in [0.717, 1.165) is 18.5 Å². The van der Waals surface area contributed by atoms with E-state index < -0.39 is 0 Å². The zero-order chi connectivity index (χ0) is 17.2. The summed E-state index contributed by atoms with van der Waals surface area (Å²) in [6, 6.07) is 17.1. The molecule has 25 heavy (non-hydrogen) atoms. The second-order valence-electron chi connectivity index (χ2n) is 6.37. The lowest BCUT2D eigenvalue weighted by Crippen LogP contribution is -2.26. The molecule has 0 fully saturated rings. The van der Waals surface area contributed by atoms with Gasteiger partial charge in [-0.1, -0.05) is 37.3 Å². The van der Waals surface area contributed by atoms with Gasteiger partial charge in [-0.05, 0) is 49.1 Å². The smallest absolute Gasteiger partial charge is 0.252 e. The largest absolute Gasteiger partial charge is 0.339 e. The Bertz CT molecular complexity index is 875. The van der Waals surface area contributed by atoms with E-state index in [0.29, 0.717) is 17.8 Å². The first kappa shape index (κ1) is 15.6. The van der Waals surface area contributed by atoms with Crippen molar-refractivity contribution in [2.45, 2.75) is 32.7 Å². The van der Waals surface area contributed by atoms with Crippen molar-refractivity contribution in [1.82, 2.24) is 15.2 Å². The molecule has 2 heterocycles. The normalized spacial score (nSPS) is 15.9. The van der Waals surface area contributed by atoms with Gasteiger partial charge >= 0.3 is 0 Å². The molecule has 126 valence electrons. The third-order valence-corrected chi connectivity index (χ3v) is 4.60. The summed E-state index contributed by atoms with van der Waals surface area (Å²) in [5.74, 6) is 1.33. The van der Waals surface area contributed by atoms with Crippen LogP contribution >= 0.6 is 0 Å². The zero-order valence-corrected chi connectivity index (χ0v) is 14.5. The molecule has 0 bridgehead atoms. The van der Waals surface area contributed by atoms with Gasteiger partial charge in [-0.2, -0.15) is 10.1 Å². The van der Waals surface area contributed by atoms with E-state index in [1.54, 1.807) is 6.20 Å². The number of fused-ring (bicyclic) bond motifs is 1. The Balaban J connectivity index is 1.61. The molecule has 1 atom stereocenters. The second-order valence-corrected chi connectivity index (χ2v) is 6.37. The number of nitrogens with one attached hydrogen (secondary N) is 1. The van der Waals surface area contributed by atoms with Gasteiger partial charge in [0.15, 0.2) is 5.82 Å². The molecular formula is C20H21N5. The summed E-state index contributed by atoms with van der Waals surface area (Å²) in [7, 11) is 0. The fourth-order valence-corrected chi connectivity index (χ4v) is 3.30. The first-order valence-electron chi connectivity index (χ1n) is 8.67. The number of benzene rings is 2. The Labute approximate surface area is 147 Å². The van der Waals surface area contributed by atoms with Crippen LogP contribution in [0, 0.1) is 0 Å². The maximum Gasteiger partial charge on any atom is 0.252 e. The molecule has 1 unspecified atom stereocenters. The fourth-order valence-electron chi connectivity index (χ4n) is 3.30. The van der Waals surface area contributed by atoms with Gasteiger partial charge in [-0.3, -0.25) is 0 Å². The molecule has 4 rings (SSSR count). The van der Waals surface area contributed by atoms with Crippen LogP contribution in [0.25, 0.3) is 0 Å². The Hall–Kier alpha value is -2.95. The minimum Gasteiger partial charge on any atom is -0.339 e. The van der Waals surface area contributed by atoms with E-state index in [1.165, 1.54) is 16.8 Å². The summed E-state index contributed by atoms with van der Waals surface area (Å²) in [4.78, 5) is 6.84. The highest BCUT2D eigenvalue weighted by Crippen LogP contribution is 2.36. The average molecular weight is 331 g/mol. The lowest BCUT2D eigenvalue weighted by molar-refractivity contribution is 0.730.